The van der Waals surface area contributed by atoms with Crippen LogP contribution in [0.1, 0.15) is 62.7 Å². The normalized spacial score (nSPS) is 18.1. The fourth-order valence-electron chi connectivity index (χ4n) is 3.58. The number of aryl methyl sites for hydroxylation is 3. The van der Waals surface area contributed by atoms with Crippen molar-refractivity contribution in [3.05, 3.63) is 35.8 Å². The zero-order chi connectivity index (χ0) is 16.9. The lowest BCUT2D eigenvalue weighted by atomic mass is 9.96. The summed E-state index contributed by atoms with van der Waals surface area (Å²) in [6.07, 6.45) is 11.9. The number of hydrogen-bond donors (Lipinski definition) is 0. The van der Waals surface area contributed by atoms with Crippen LogP contribution >= 0.6 is 0 Å². The predicted octanol–water partition coefficient (Wildman–Crippen LogP) is 3.73. The van der Waals surface area contributed by atoms with Gasteiger partial charge in [-0.3, -0.25) is 0 Å². The van der Waals surface area contributed by atoms with Crippen molar-refractivity contribution in [2.24, 2.45) is 0 Å². The molecule has 1 atom stereocenters. The lowest BCUT2D eigenvalue weighted by Crippen LogP contribution is -2.36. The average molecular weight is 327 g/mol. The molecule has 130 valence electrons. The molecule has 5 heteroatoms. The summed E-state index contributed by atoms with van der Waals surface area (Å²) in [6.45, 7) is 9.55. The molecule has 1 saturated heterocycles. The van der Waals surface area contributed by atoms with E-state index in [1.54, 1.807) is 0 Å². The molecule has 0 unspecified atom stereocenters. The van der Waals surface area contributed by atoms with Crippen molar-refractivity contribution in [1.29, 1.82) is 0 Å². The van der Waals surface area contributed by atoms with E-state index in [9.17, 15) is 0 Å². The maximum Gasteiger partial charge on any atom is 0.135 e. The van der Waals surface area contributed by atoms with Gasteiger partial charge in [0.2, 0.25) is 0 Å². The molecule has 0 bridgehead atoms. The van der Waals surface area contributed by atoms with E-state index in [1.807, 2.05) is 19.3 Å². The number of rotatable bonds is 6. The van der Waals surface area contributed by atoms with Gasteiger partial charge in [0.15, 0.2) is 0 Å². The second kappa shape index (κ2) is 7.77. The van der Waals surface area contributed by atoms with Crippen molar-refractivity contribution in [2.75, 3.05) is 18.0 Å². The second-order valence-electron chi connectivity index (χ2n) is 6.74. The molecule has 0 spiro atoms. The van der Waals surface area contributed by atoms with Gasteiger partial charge in [0, 0.05) is 49.7 Å². The van der Waals surface area contributed by atoms with Gasteiger partial charge in [0.25, 0.3) is 0 Å². The fourth-order valence-corrected chi connectivity index (χ4v) is 3.58. The number of nitrogens with zero attached hydrogens (tertiary/aromatic N) is 5. The molecule has 1 fully saturated rings. The molecular formula is C19H29N5. The summed E-state index contributed by atoms with van der Waals surface area (Å²) in [7, 11) is 0. The Balaban J connectivity index is 1.80. The minimum Gasteiger partial charge on any atom is -0.356 e. The van der Waals surface area contributed by atoms with Gasteiger partial charge in [-0.2, -0.15) is 0 Å². The van der Waals surface area contributed by atoms with Gasteiger partial charge in [0.05, 0.1) is 0 Å². The largest absolute Gasteiger partial charge is 0.356 e. The summed E-state index contributed by atoms with van der Waals surface area (Å²) in [4.78, 5) is 16.2. The molecule has 1 aliphatic rings. The van der Waals surface area contributed by atoms with Crippen LogP contribution < -0.4 is 4.90 Å². The van der Waals surface area contributed by atoms with Gasteiger partial charge in [0.1, 0.15) is 17.5 Å². The monoisotopic (exact) mass is 327 g/mol. The van der Waals surface area contributed by atoms with Gasteiger partial charge >= 0.3 is 0 Å². The molecule has 0 aliphatic carbocycles. The minimum absolute atomic E-state index is 0.491. The van der Waals surface area contributed by atoms with Gasteiger partial charge in [-0.1, -0.05) is 20.3 Å². The number of imidazole rings is 1. The molecule has 5 nitrogen and oxygen atoms in total. The van der Waals surface area contributed by atoms with E-state index in [0.717, 1.165) is 37.7 Å². The Bertz CT molecular complexity index is 664. The van der Waals surface area contributed by atoms with Crippen molar-refractivity contribution < 1.29 is 0 Å². The van der Waals surface area contributed by atoms with Crippen LogP contribution in [0.2, 0.25) is 0 Å². The summed E-state index contributed by atoms with van der Waals surface area (Å²) < 4.78 is 2.35. The van der Waals surface area contributed by atoms with Crippen LogP contribution in [0.3, 0.4) is 0 Å². The van der Waals surface area contributed by atoms with Crippen LogP contribution in [0.5, 0.6) is 0 Å². The highest BCUT2D eigenvalue weighted by Gasteiger charge is 2.26. The summed E-state index contributed by atoms with van der Waals surface area (Å²) in [5, 5.41) is 0. The highest BCUT2D eigenvalue weighted by atomic mass is 15.2. The Morgan fingerprint density at radius 2 is 2.12 bits per heavy atom. The molecule has 24 heavy (non-hydrogen) atoms. The van der Waals surface area contributed by atoms with Crippen LogP contribution in [0, 0.1) is 6.92 Å². The topological polar surface area (TPSA) is 46.8 Å². The first-order valence-electron chi connectivity index (χ1n) is 9.31. The lowest BCUT2D eigenvalue weighted by molar-refractivity contribution is 0.463. The molecule has 2 aromatic heterocycles. The van der Waals surface area contributed by atoms with Gasteiger partial charge < -0.3 is 9.47 Å². The quantitative estimate of drug-likeness (QED) is 0.811. The van der Waals surface area contributed by atoms with Crippen LogP contribution in [-0.4, -0.2) is 32.6 Å². The van der Waals surface area contributed by atoms with Gasteiger partial charge in [-0.05, 0) is 32.6 Å². The lowest BCUT2D eigenvalue weighted by Gasteiger charge is -2.34. The Labute approximate surface area is 145 Å². The molecule has 3 heterocycles. The van der Waals surface area contributed by atoms with E-state index < -0.39 is 0 Å². The number of unbranched alkanes of at least 4 members (excludes halogenated alkanes) is 1. The minimum atomic E-state index is 0.491. The van der Waals surface area contributed by atoms with Crippen molar-refractivity contribution in [3.63, 3.8) is 0 Å². The maximum absolute atomic E-state index is 4.74. The Kier molecular flexibility index (Phi) is 5.48. The molecular weight excluding hydrogens is 298 g/mol. The van der Waals surface area contributed by atoms with E-state index in [1.165, 1.54) is 37.1 Å². The molecule has 3 rings (SSSR count). The summed E-state index contributed by atoms with van der Waals surface area (Å²) >= 11 is 0. The van der Waals surface area contributed by atoms with Crippen LogP contribution in [0.4, 0.5) is 5.82 Å². The van der Waals surface area contributed by atoms with Crippen molar-refractivity contribution in [1.82, 2.24) is 19.5 Å². The third kappa shape index (κ3) is 3.60. The first kappa shape index (κ1) is 16.9. The fraction of sp³-hybridized carbons (Fsp3) is 0.632. The Morgan fingerprint density at radius 1 is 1.25 bits per heavy atom. The van der Waals surface area contributed by atoms with Crippen LogP contribution in [0.25, 0.3) is 0 Å². The van der Waals surface area contributed by atoms with Crippen molar-refractivity contribution in [2.45, 2.75) is 65.3 Å². The second-order valence-corrected chi connectivity index (χ2v) is 6.74. The summed E-state index contributed by atoms with van der Waals surface area (Å²) in [5.74, 6) is 3.72. The molecule has 0 amide bonds. The molecule has 1 aliphatic heterocycles. The van der Waals surface area contributed by atoms with E-state index >= 15 is 0 Å². The first-order valence-corrected chi connectivity index (χ1v) is 9.31. The number of anilines is 1. The maximum atomic E-state index is 4.74. The average Bonchev–Trinajstić information content (AvgIpc) is 3.08. The Morgan fingerprint density at radius 3 is 2.92 bits per heavy atom. The van der Waals surface area contributed by atoms with Crippen LogP contribution in [-0.2, 0) is 13.0 Å². The van der Waals surface area contributed by atoms with Crippen molar-refractivity contribution in [3.8, 4) is 0 Å². The standard InChI is InChI=1S/C19H29N5/c1-4-6-10-23-12-9-20-18(23)17-8-7-11-24(14-17)19-16(5-2)13-21-15(3)22-19/h9,12-13,17H,4-8,10-11,14H2,1-3H3/t17-/m0/s1. The summed E-state index contributed by atoms with van der Waals surface area (Å²) in [6, 6.07) is 0. The van der Waals surface area contributed by atoms with E-state index in [2.05, 4.69) is 39.5 Å². The molecule has 0 radical (unpaired) electrons. The SMILES string of the molecule is CCCCn1ccnc1[C@H]1CCCN(c2nc(C)ncc2CC)C1. The molecule has 0 aromatic carbocycles. The molecule has 0 N–H and O–H groups in total. The highest BCUT2D eigenvalue weighted by molar-refractivity contribution is 5.47. The predicted molar refractivity (Wildman–Crippen MR) is 97.5 cm³/mol. The van der Waals surface area contributed by atoms with E-state index in [-0.39, 0.29) is 0 Å². The van der Waals surface area contributed by atoms with Gasteiger partial charge in [-0.25, -0.2) is 15.0 Å². The number of aromatic nitrogens is 4. The zero-order valence-corrected chi connectivity index (χ0v) is 15.2. The van der Waals surface area contributed by atoms with E-state index in [4.69, 9.17) is 4.98 Å². The van der Waals surface area contributed by atoms with Crippen LogP contribution in [0.15, 0.2) is 18.6 Å². The van der Waals surface area contributed by atoms with E-state index in [0.29, 0.717) is 5.92 Å². The smallest absolute Gasteiger partial charge is 0.135 e. The molecule has 0 saturated carbocycles. The Hall–Kier alpha value is -1.91. The third-order valence-electron chi connectivity index (χ3n) is 4.93. The zero-order valence-electron chi connectivity index (χ0n) is 15.2. The van der Waals surface area contributed by atoms with Crippen molar-refractivity contribution >= 4 is 5.82 Å². The highest BCUT2D eigenvalue weighted by Crippen LogP contribution is 2.30. The molecule has 2 aromatic rings. The van der Waals surface area contributed by atoms with Gasteiger partial charge in [-0.15, -0.1) is 0 Å². The third-order valence-corrected chi connectivity index (χ3v) is 4.93. The first-order chi connectivity index (χ1) is 11.7. The number of hydrogen-bond acceptors (Lipinski definition) is 4. The summed E-state index contributed by atoms with van der Waals surface area (Å²) in [5.41, 5.74) is 1.25. The number of piperidine rings is 1.